The molecule has 1 fully saturated rings. The Morgan fingerprint density at radius 3 is 2.75 bits per heavy atom. The van der Waals surface area contributed by atoms with Crippen molar-refractivity contribution >= 4 is 16.9 Å². The highest BCUT2D eigenvalue weighted by Crippen LogP contribution is 2.27. The largest absolute Gasteiger partial charge is 0.497 e. The zero-order chi connectivity index (χ0) is 14.5. The summed E-state index contributed by atoms with van der Waals surface area (Å²) in [4.78, 5) is 4.67. The van der Waals surface area contributed by atoms with E-state index >= 15 is 0 Å². The molecule has 1 N–H and O–H groups in total. The fourth-order valence-corrected chi connectivity index (χ4v) is 3.44. The van der Waals surface area contributed by atoms with Gasteiger partial charge in [0.2, 0.25) is 0 Å². The number of ether oxygens (including phenoxy) is 2. The lowest BCUT2D eigenvalue weighted by molar-refractivity contribution is 0.391. The lowest BCUT2D eigenvalue weighted by Gasteiger charge is -2.26. The molecule has 4 nitrogen and oxygen atoms in total. The molecule has 2 atom stereocenters. The van der Waals surface area contributed by atoms with Gasteiger partial charge in [-0.2, -0.15) is 0 Å². The Balaban J connectivity index is 2.09. The first kappa shape index (κ1) is 15.0. The predicted octanol–water partition coefficient (Wildman–Crippen LogP) is 3.06. The molecule has 1 aromatic rings. The molecule has 110 valence electrons. The molecule has 0 saturated carbocycles. The van der Waals surface area contributed by atoms with Crippen molar-refractivity contribution in [3.63, 3.8) is 0 Å². The minimum atomic E-state index is 0.489. The predicted molar refractivity (Wildman–Crippen MR) is 85.0 cm³/mol. The molecule has 2 rings (SSSR count). The number of nitrogens with one attached hydrogen (secondary N) is 1. The molecule has 1 aliphatic rings. The second kappa shape index (κ2) is 6.88. The van der Waals surface area contributed by atoms with E-state index in [4.69, 9.17) is 9.47 Å². The first-order chi connectivity index (χ1) is 9.62. The van der Waals surface area contributed by atoms with Crippen LogP contribution in [0.2, 0.25) is 0 Å². The first-order valence-electron chi connectivity index (χ1n) is 6.81. The van der Waals surface area contributed by atoms with Gasteiger partial charge in [0.1, 0.15) is 11.5 Å². The number of hydrogen-bond acceptors (Lipinski definition) is 4. The van der Waals surface area contributed by atoms with Gasteiger partial charge in [0, 0.05) is 22.9 Å². The molecule has 2 unspecified atom stereocenters. The van der Waals surface area contributed by atoms with Crippen LogP contribution in [0, 0.1) is 0 Å². The molecule has 5 heteroatoms. The smallest absolute Gasteiger partial charge is 0.157 e. The SMILES string of the molecule is COc1ccc(CN=C2NC(C)CC(C)S2)c(OC)c1. The molecule has 0 amide bonds. The third-order valence-corrected chi connectivity index (χ3v) is 4.32. The number of nitrogens with zero attached hydrogens (tertiary/aromatic N) is 1. The zero-order valence-electron chi connectivity index (χ0n) is 12.5. The first-order valence-corrected chi connectivity index (χ1v) is 7.69. The Bertz CT molecular complexity index is 479. The van der Waals surface area contributed by atoms with Gasteiger partial charge in [-0.25, -0.2) is 0 Å². The highest BCUT2D eigenvalue weighted by Gasteiger charge is 2.19. The van der Waals surface area contributed by atoms with Gasteiger partial charge in [-0.15, -0.1) is 0 Å². The average Bonchev–Trinajstić information content (AvgIpc) is 2.44. The van der Waals surface area contributed by atoms with Crippen molar-refractivity contribution in [2.75, 3.05) is 14.2 Å². The normalized spacial score (nSPS) is 24.3. The van der Waals surface area contributed by atoms with E-state index in [0.717, 1.165) is 22.2 Å². The molecule has 20 heavy (non-hydrogen) atoms. The summed E-state index contributed by atoms with van der Waals surface area (Å²) >= 11 is 1.80. The summed E-state index contributed by atoms with van der Waals surface area (Å²) in [5.74, 6) is 1.61. The molecule has 1 aliphatic heterocycles. The fourth-order valence-electron chi connectivity index (χ4n) is 2.26. The third kappa shape index (κ3) is 3.82. The average molecular weight is 294 g/mol. The Morgan fingerprint density at radius 2 is 2.10 bits per heavy atom. The lowest BCUT2D eigenvalue weighted by Crippen LogP contribution is -2.38. The second-order valence-electron chi connectivity index (χ2n) is 5.01. The van der Waals surface area contributed by atoms with Gasteiger partial charge >= 0.3 is 0 Å². The molecule has 0 bridgehead atoms. The highest BCUT2D eigenvalue weighted by atomic mass is 32.2. The van der Waals surface area contributed by atoms with Gasteiger partial charge in [-0.05, 0) is 25.5 Å². The van der Waals surface area contributed by atoms with Crippen molar-refractivity contribution in [1.29, 1.82) is 0 Å². The van der Waals surface area contributed by atoms with Gasteiger partial charge in [0.15, 0.2) is 5.17 Å². The number of hydrogen-bond donors (Lipinski definition) is 1. The van der Waals surface area contributed by atoms with E-state index in [0.29, 0.717) is 17.8 Å². The van der Waals surface area contributed by atoms with E-state index in [9.17, 15) is 0 Å². The number of aliphatic imine (C=N–C) groups is 1. The number of amidine groups is 1. The summed E-state index contributed by atoms with van der Waals surface area (Å²) in [6, 6.07) is 6.32. The molecule has 0 spiro atoms. The molecule has 0 radical (unpaired) electrons. The van der Waals surface area contributed by atoms with Crippen LogP contribution < -0.4 is 14.8 Å². The molecule has 0 aliphatic carbocycles. The number of thioether (sulfide) groups is 1. The molecular weight excluding hydrogens is 272 g/mol. The minimum Gasteiger partial charge on any atom is -0.497 e. The lowest BCUT2D eigenvalue weighted by atomic mass is 10.2. The summed E-state index contributed by atoms with van der Waals surface area (Å²) in [6.07, 6.45) is 1.18. The van der Waals surface area contributed by atoms with Gasteiger partial charge in [-0.3, -0.25) is 4.99 Å². The van der Waals surface area contributed by atoms with Crippen molar-refractivity contribution in [1.82, 2.24) is 5.32 Å². The van der Waals surface area contributed by atoms with Crippen molar-refractivity contribution in [2.24, 2.45) is 4.99 Å². The van der Waals surface area contributed by atoms with E-state index < -0.39 is 0 Å². The number of rotatable bonds is 4. The Morgan fingerprint density at radius 1 is 1.30 bits per heavy atom. The van der Waals surface area contributed by atoms with Gasteiger partial charge in [-0.1, -0.05) is 18.7 Å². The van der Waals surface area contributed by atoms with Crippen LogP contribution in [-0.2, 0) is 6.54 Å². The summed E-state index contributed by atoms with van der Waals surface area (Å²) < 4.78 is 10.6. The van der Waals surface area contributed by atoms with E-state index in [-0.39, 0.29) is 0 Å². The van der Waals surface area contributed by atoms with Crippen LogP contribution in [0.15, 0.2) is 23.2 Å². The molecule has 0 aromatic heterocycles. The molecule has 1 saturated heterocycles. The summed E-state index contributed by atoms with van der Waals surface area (Å²) in [7, 11) is 3.32. The maximum atomic E-state index is 5.39. The van der Waals surface area contributed by atoms with Gasteiger partial charge < -0.3 is 14.8 Å². The maximum Gasteiger partial charge on any atom is 0.157 e. The minimum absolute atomic E-state index is 0.489. The van der Waals surface area contributed by atoms with E-state index in [1.807, 2.05) is 18.2 Å². The van der Waals surface area contributed by atoms with Crippen molar-refractivity contribution in [3.8, 4) is 11.5 Å². The quantitative estimate of drug-likeness (QED) is 0.927. The zero-order valence-corrected chi connectivity index (χ0v) is 13.3. The van der Waals surface area contributed by atoms with Crippen LogP contribution in [0.5, 0.6) is 11.5 Å². The van der Waals surface area contributed by atoms with Crippen LogP contribution >= 0.6 is 11.8 Å². The van der Waals surface area contributed by atoms with E-state index in [2.05, 4.69) is 24.2 Å². The van der Waals surface area contributed by atoms with Gasteiger partial charge in [0.05, 0.1) is 20.8 Å². The summed E-state index contributed by atoms with van der Waals surface area (Å²) in [6.45, 7) is 5.05. The second-order valence-corrected chi connectivity index (χ2v) is 6.44. The monoisotopic (exact) mass is 294 g/mol. The van der Waals surface area contributed by atoms with Crippen molar-refractivity contribution in [3.05, 3.63) is 23.8 Å². The molecule has 1 heterocycles. The standard InChI is InChI=1S/C15H22N2O2S/c1-10-7-11(2)20-15(17-10)16-9-12-5-6-13(18-3)8-14(12)19-4/h5-6,8,10-11H,7,9H2,1-4H3,(H,16,17). The molecular formula is C15H22N2O2S. The Labute approximate surface area is 125 Å². The summed E-state index contributed by atoms with van der Waals surface area (Å²) in [5.41, 5.74) is 1.06. The third-order valence-electron chi connectivity index (χ3n) is 3.26. The maximum absolute atomic E-state index is 5.39. The van der Waals surface area contributed by atoms with Crippen LogP contribution in [-0.4, -0.2) is 30.7 Å². The van der Waals surface area contributed by atoms with Crippen LogP contribution in [0.3, 0.4) is 0 Å². The van der Waals surface area contributed by atoms with Crippen LogP contribution in [0.4, 0.5) is 0 Å². The Hall–Kier alpha value is -1.36. The van der Waals surface area contributed by atoms with E-state index in [1.165, 1.54) is 6.42 Å². The van der Waals surface area contributed by atoms with Crippen LogP contribution in [0.1, 0.15) is 25.8 Å². The van der Waals surface area contributed by atoms with Crippen LogP contribution in [0.25, 0.3) is 0 Å². The Kier molecular flexibility index (Phi) is 5.17. The number of benzene rings is 1. The topological polar surface area (TPSA) is 42.8 Å². The number of methoxy groups -OCH3 is 2. The van der Waals surface area contributed by atoms with E-state index in [1.54, 1.807) is 26.0 Å². The fraction of sp³-hybridized carbons (Fsp3) is 0.533. The summed E-state index contributed by atoms with van der Waals surface area (Å²) in [5, 5.41) is 5.06. The molecule has 1 aromatic carbocycles. The highest BCUT2D eigenvalue weighted by molar-refractivity contribution is 8.14. The van der Waals surface area contributed by atoms with Gasteiger partial charge in [0.25, 0.3) is 0 Å². The van der Waals surface area contributed by atoms with Crippen molar-refractivity contribution in [2.45, 2.75) is 38.1 Å². The van der Waals surface area contributed by atoms with Crippen molar-refractivity contribution < 1.29 is 9.47 Å².